The van der Waals surface area contributed by atoms with Gasteiger partial charge in [-0.15, -0.1) is 0 Å². The van der Waals surface area contributed by atoms with E-state index in [1.54, 1.807) is 18.7 Å². The minimum atomic E-state index is -1.08. The summed E-state index contributed by atoms with van der Waals surface area (Å²) >= 11 is 0. The van der Waals surface area contributed by atoms with Crippen molar-refractivity contribution in [3.05, 3.63) is 47.5 Å². The van der Waals surface area contributed by atoms with Crippen molar-refractivity contribution >= 4 is 28.4 Å². The van der Waals surface area contributed by atoms with E-state index in [0.29, 0.717) is 16.9 Å². The molecule has 0 saturated heterocycles. The van der Waals surface area contributed by atoms with E-state index in [1.807, 2.05) is 0 Å². The minimum Gasteiger partial charge on any atom is -0.478 e. The highest BCUT2D eigenvalue weighted by Gasteiger charge is 2.15. The van der Waals surface area contributed by atoms with Gasteiger partial charge in [0.1, 0.15) is 5.82 Å². The maximum Gasteiger partial charge on any atom is 0.337 e. The number of aromatic nitrogens is 3. The van der Waals surface area contributed by atoms with E-state index in [2.05, 4.69) is 15.4 Å². The Labute approximate surface area is 125 Å². The lowest BCUT2D eigenvalue weighted by molar-refractivity contribution is 0.0698. The fraction of sp³-hybridized carbons (Fsp3) is 0.133. The summed E-state index contributed by atoms with van der Waals surface area (Å²) in [6, 6.07) is 4.19. The van der Waals surface area contributed by atoms with Gasteiger partial charge < -0.3 is 10.4 Å². The summed E-state index contributed by atoms with van der Waals surface area (Å²) in [6.07, 6.45) is 2.80. The Morgan fingerprint density at radius 3 is 2.91 bits per heavy atom. The first kappa shape index (κ1) is 14.0. The molecule has 3 rings (SSSR count). The molecule has 0 atom stereocenters. The third kappa shape index (κ3) is 2.26. The molecule has 112 valence electrons. The number of fused-ring (bicyclic) bond motifs is 1. The fourth-order valence-electron chi connectivity index (χ4n) is 2.50. The van der Waals surface area contributed by atoms with Crippen LogP contribution in [0.3, 0.4) is 0 Å². The number of benzene rings is 1. The Balaban J connectivity index is 2.15. The molecule has 0 fully saturated rings. The smallest absolute Gasteiger partial charge is 0.337 e. The molecule has 0 aliphatic heterocycles. The van der Waals surface area contributed by atoms with Crippen LogP contribution in [0.15, 0.2) is 30.6 Å². The van der Waals surface area contributed by atoms with E-state index in [9.17, 15) is 14.3 Å². The number of pyridine rings is 1. The van der Waals surface area contributed by atoms with Gasteiger partial charge in [-0.2, -0.15) is 5.10 Å². The summed E-state index contributed by atoms with van der Waals surface area (Å²) in [4.78, 5) is 15.1. The van der Waals surface area contributed by atoms with Crippen molar-refractivity contribution in [1.29, 1.82) is 0 Å². The monoisotopic (exact) mass is 300 g/mol. The molecular weight excluding hydrogens is 287 g/mol. The van der Waals surface area contributed by atoms with Gasteiger partial charge in [-0.3, -0.25) is 9.67 Å². The molecule has 0 spiro atoms. The normalized spacial score (nSPS) is 10.9. The molecule has 0 radical (unpaired) electrons. The lowest BCUT2D eigenvalue weighted by Crippen LogP contribution is -2.03. The molecule has 2 N–H and O–H groups in total. The van der Waals surface area contributed by atoms with Gasteiger partial charge in [0.05, 0.1) is 23.0 Å². The molecule has 2 heterocycles. The van der Waals surface area contributed by atoms with Crippen LogP contribution < -0.4 is 5.32 Å². The summed E-state index contributed by atoms with van der Waals surface area (Å²) in [5.74, 6) is -1.06. The number of halogens is 1. The van der Waals surface area contributed by atoms with Crippen LogP contribution in [0.5, 0.6) is 0 Å². The minimum absolute atomic E-state index is 0.0712. The van der Waals surface area contributed by atoms with Gasteiger partial charge in [0.2, 0.25) is 0 Å². The van der Waals surface area contributed by atoms with Crippen LogP contribution in [0.4, 0.5) is 15.9 Å². The molecule has 1 aromatic carbocycles. The van der Waals surface area contributed by atoms with Crippen molar-refractivity contribution < 1.29 is 14.3 Å². The molecule has 22 heavy (non-hydrogen) atoms. The average Bonchev–Trinajstić information content (AvgIpc) is 2.75. The van der Waals surface area contributed by atoms with Crippen LogP contribution in [0.1, 0.15) is 15.9 Å². The van der Waals surface area contributed by atoms with Gasteiger partial charge in [-0.25, -0.2) is 9.18 Å². The third-order valence-electron chi connectivity index (χ3n) is 3.40. The summed E-state index contributed by atoms with van der Waals surface area (Å²) in [5, 5.41) is 17.0. The summed E-state index contributed by atoms with van der Waals surface area (Å²) in [6.45, 7) is 1.80. The highest BCUT2D eigenvalue weighted by atomic mass is 19.1. The van der Waals surface area contributed by atoms with E-state index in [1.165, 1.54) is 30.6 Å². The standard InChI is InChI=1S/C15H13FN4O2/c1-8-5-9(16)6-11-13(8)20(2)19-14(11)18-12-7-17-4-3-10(12)15(21)22/h3-7H,1-2H3,(H,18,19)(H,21,22). The number of carboxylic acid groups (broad SMARTS) is 1. The van der Waals surface area contributed by atoms with Crippen molar-refractivity contribution in [2.75, 3.05) is 5.32 Å². The molecule has 0 aliphatic rings. The first-order valence-electron chi connectivity index (χ1n) is 6.54. The highest BCUT2D eigenvalue weighted by Crippen LogP contribution is 2.29. The van der Waals surface area contributed by atoms with E-state index >= 15 is 0 Å². The van der Waals surface area contributed by atoms with Gasteiger partial charge in [-0.05, 0) is 30.7 Å². The number of anilines is 2. The Bertz CT molecular complexity index is 889. The number of nitrogens with zero attached hydrogens (tertiary/aromatic N) is 3. The molecule has 0 saturated carbocycles. The second kappa shape index (κ2) is 5.10. The zero-order chi connectivity index (χ0) is 15.9. The number of aryl methyl sites for hydroxylation is 2. The molecule has 0 bridgehead atoms. The Kier molecular flexibility index (Phi) is 3.25. The van der Waals surface area contributed by atoms with Crippen molar-refractivity contribution in [3.8, 4) is 0 Å². The second-order valence-electron chi connectivity index (χ2n) is 4.94. The Morgan fingerprint density at radius 1 is 1.41 bits per heavy atom. The summed E-state index contributed by atoms with van der Waals surface area (Å²) in [5.41, 5.74) is 1.91. The third-order valence-corrected chi connectivity index (χ3v) is 3.40. The maximum atomic E-state index is 13.7. The average molecular weight is 300 g/mol. The number of carboxylic acids is 1. The molecule has 6 nitrogen and oxygen atoms in total. The van der Waals surface area contributed by atoms with Crippen molar-refractivity contribution in [2.24, 2.45) is 7.05 Å². The van der Waals surface area contributed by atoms with Gasteiger partial charge in [-0.1, -0.05) is 0 Å². The predicted octanol–water partition coefficient (Wildman–Crippen LogP) is 2.86. The number of hydrogen-bond donors (Lipinski definition) is 2. The van der Waals surface area contributed by atoms with Crippen LogP contribution in [0, 0.1) is 12.7 Å². The summed E-state index contributed by atoms with van der Waals surface area (Å²) in [7, 11) is 1.75. The fourth-order valence-corrected chi connectivity index (χ4v) is 2.50. The zero-order valence-electron chi connectivity index (χ0n) is 12.0. The largest absolute Gasteiger partial charge is 0.478 e. The van der Waals surface area contributed by atoms with E-state index in [4.69, 9.17) is 0 Å². The van der Waals surface area contributed by atoms with E-state index < -0.39 is 5.97 Å². The summed E-state index contributed by atoms with van der Waals surface area (Å²) < 4.78 is 15.3. The van der Waals surface area contributed by atoms with Crippen LogP contribution in [0.25, 0.3) is 10.9 Å². The van der Waals surface area contributed by atoms with Crippen LogP contribution in [0.2, 0.25) is 0 Å². The number of nitrogens with one attached hydrogen (secondary N) is 1. The lowest BCUT2D eigenvalue weighted by atomic mass is 10.1. The number of carbonyl (C=O) groups is 1. The Morgan fingerprint density at radius 2 is 2.18 bits per heavy atom. The molecule has 0 amide bonds. The molecule has 0 aliphatic carbocycles. The topological polar surface area (TPSA) is 80.0 Å². The maximum absolute atomic E-state index is 13.7. The van der Waals surface area contributed by atoms with Crippen LogP contribution in [-0.4, -0.2) is 25.8 Å². The van der Waals surface area contributed by atoms with Crippen LogP contribution in [-0.2, 0) is 7.05 Å². The first-order valence-corrected chi connectivity index (χ1v) is 6.54. The van der Waals surface area contributed by atoms with Gasteiger partial charge in [0.25, 0.3) is 0 Å². The molecule has 3 aromatic rings. The van der Waals surface area contributed by atoms with E-state index in [-0.39, 0.29) is 11.4 Å². The van der Waals surface area contributed by atoms with Crippen LogP contribution >= 0.6 is 0 Å². The number of rotatable bonds is 3. The highest BCUT2D eigenvalue weighted by molar-refractivity contribution is 5.98. The van der Waals surface area contributed by atoms with Crippen molar-refractivity contribution in [1.82, 2.24) is 14.8 Å². The lowest BCUT2D eigenvalue weighted by Gasteiger charge is -2.06. The first-order chi connectivity index (χ1) is 10.5. The van der Waals surface area contributed by atoms with Crippen molar-refractivity contribution in [3.63, 3.8) is 0 Å². The molecule has 0 unspecified atom stereocenters. The Hall–Kier alpha value is -2.96. The number of hydrogen-bond acceptors (Lipinski definition) is 4. The molecule has 7 heteroatoms. The van der Waals surface area contributed by atoms with E-state index in [0.717, 1.165) is 11.1 Å². The quantitative estimate of drug-likeness (QED) is 0.777. The van der Waals surface area contributed by atoms with Gasteiger partial charge >= 0.3 is 5.97 Å². The van der Waals surface area contributed by atoms with Gasteiger partial charge in [0, 0.05) is 18.6 Å². The predicted molar refractivity (Wildman–Crippen MR) is 79.9 cm³/mol. The molecule has 2 aromatic heterocycles. The SMILES string of the molecule is Cc1cc(F)cc2c(Nc3cnccc3C(=O)O)nn(C)c12. The zero-order valence-corrected chi connectivity index (χ0v) is 12.0. The second-order valence-corrected chi connectivity index (χ2v) is 4.94. The number of aromatic carboxylic acids is 1. The van der Waals surface area contributed by atoms with Crippen molar-refractivity contribution in [2.45, 2.75) is 6.92 Å². The molecular formula is C15H13FN4O2. The van der Waals surface area contributed by atoms with Gasteiger partial charge in [0.15, 0.2) is 5.82 Å².